The molecule has 2 N–H and O–H groups in total. The van der Waals surface area contributed by atoms with E-state index in [2.05, 4.69) is 15.4 Å². The maximum atomic E-state index is 13.2. The lowest BCUT2D eigenvalue weighted by molar-refractivity contribution is -0.119. The third-order valence-corrected chi connectivity index (χ3v) is 7.96. The molecule has 0 spiro atoms. The summed E-state index contributed by atoms with van der Waals surface area (Å²) in [6, 6.07) is 16.8. The number of aromatic nitrogens is 4. The van der Waals surface area contributed by atoms with Crippen LogP contribution in [-0.4, -0.2) is 51.9 Å². The van der Waals surface area contributed by atoms with Crippen LogP contribution in [0.5, 0.6) is 0 Å². The fourth-order valence-electron chi connectivity index (χ4n) is 4.19. The second-order valence-electron chi connectivity index (χ2n) is 7.96. The Bertz CT molecular complexity index is 1180. The first-order valence-corrected chi connectivity index (χ1v) is 12.0. The summed E-state index contributed by atoms with van der Waals surface area (Å²) in [5.74, 6) is -0.0907. The Morgan fingerprint density at radius 3 is 2.31 bits per heavy atom. The lowest BCUT2D eigenvalue weighted by Crippen LogP contribution is -2.46. The lowest BCUT2D eigenvalue weighted by atomic mass is 9.72. The van der Waals surface area contributed by atoms with Gasteiger partial charge in [-0.05, 0) is 47.7 Å². The molecule has 0 unspecified atom stereocenters. The minimum absolute atomic E-state index is 0.161. The van der Waals surface area contributed by atoms with Gasteiger partial charge in [-0.15, -0.1) is 10.2 Å². The lowest BCUT2D eigenvalue weighted by Gasteiger charge is -2.39. The van der Waals surface area contributed by atoms with Crippen molar-refractivity contribution in [1.29, 1.82) is 0 Å². The molecule has 4 rings (SSSR count). The second-order valence-corrected chi connectivity index (χ2v) is 9.90. The molecule has 3 aromatic rings. The van der Waals surface area contributed by atoms with Gasteiger partial charge in [0.2, 0.25) is 15.9 Å². The third-order valence-electron chi connectivity index (χ3n) is 6.05. The fraction of sp³-hybridized carbons (Fsp3) is 0.364. The predicted octanol–water partition coefficient (Wildman–Crippen LogP) is 1.49. The van der Waals surface area contributed by atoms with Gasteiger partial charge in [-0.1, -0.05) is 49.4 Å². The minimum atomic E-state index is -3.60. The number of amides is 1. The molecule has 0 bridgehead atoms. The minimum Gasteiger partial charge on any atom is -0.368 e. The number of sulfonamides is 1. The predicted molar refractivity (Wildman–Crippen MR) is 118 cm³/mol. The molecule has 1 aliphatic heterocycles. The molecule has 0 saturated carbocycles. The summed E-state index contributed by atoms with van der Waals surface area (Å²) in [6.45, 7) is 2.51. The van der Waals surface area contributed by atoms with Crippen LogP contribution in [0.4, 0.5) is 0 Å². The van der Waals surface area contributed by atoms with Crippen LogP contribution < -0.4 is 5.73 Å². The van der Waals surface area contributed by atoms with Crippen LogP contribution in [0.25, 0.3) is 0 Å². The van der Waals surface area contributed by atoms with E-state index in [1.807, 2.05) is 49.4 Å². The Hall–Kier alpha value is -3.11. The molecule has 168 valence electrons. The van der Waals surface area contributed by atoms with Gasteiger partial charge in [0.05, 0.1) is 10.3 Å². The number of piperidine rings is 1. The highest BCUT2D eigenvalue weighted by molar-refractivity contribution is 7.89. The van der Waals surface area contributed by atoms with Crippen molar-refractivity contribution in [2.24, 2.45) is 5.73 Å². The first-order valence-electron chi connectivity index (χ1n) is 10.6. The van der Waals surface area contributed by atoms with Gasteiger partial charge in [0.15, 0.2) is 5.82 Å². The number of aryl methyl sites for hydroxylation is 1. The number of nitrogens with two attached hydrogens (primary N) is 1. The van der Waals surface area contributed by atoms with Gasteiger partial charge in [0, 0.05) is 13.1 Å². The van der Waals surface area contributed by atoms with Gasteiger partial charge in [0.1, 0.15) is 6.54 Å². The first kappa shape index (κ1) is 22.1. The number of primary amides is 1. The smallest absolute Gasteiger partial charge is 0.243 e. The first-order chi connectivity index (χ1) is 15.3. The Labute approximate surface area is 187 Å². The van der Waals surface area contributed by atoms with E-state index >= 15 is 0 Å². The monoisotopic (exact) mass is 454 g/mol. The van der Waals surface area contributed by atoms with Crippen molar-refractivity contribution >= 4 is 15.9 Å². The zero-order chi connectivity index (χ0) is 22.8. The van der Waals surface area contributed by atoms with E-state index in [0.29, 0.717) is 36.7 Å². The van der Waals surface area contributed by atoms with E-state index < -0.39 is 21.3 Å². The Kier molecular flexibility index (Phi) is 6.07. The number of hydrogen-bond acceptors (Lipinski definition) is 6. The average molecular weight is 455 g/mol. The van der Waals surface area contributed by atoms with Gasteiger partial charge in [-0.2, -0.15) is 9.10 Å². The Balaban J connectivity index is 1.63. The highest BCUT2D eigenvalue weighted by Gasteiger charge is 2.44. The molecule has 1 amide bonds. The zero-order valence-corrected chi connectivity index (χ0v) is 18.7. The molecule has 32 heavy (non-hydrogen) atoms. The normalized spacial score (nSPS) is 16.7. The van der Waals surface area contributed by atoms with Crippen LogP contribution in [0.2, 0.25) is 0 Å². The molecular formula is C22H26N6O3S. The Morgan fingerprint density at radius 1 is 1.06 bits per heavy atom. The van der Waals surface area contributed by atoms with Crippen molar-refractivity contribution in [1.82, 2.24) is 24.5 Å². The molecule has 1 aliphatic rings. The number of tetrazole rings is 1. The number of nitrogens with zero attached hydrogens (tertiary/aromatic N) is 5. The highest BCUT2D eigenvalue weighted by atomic mass is 32.2. The SMILES string of the molecule is CCc1ccc(S(=O)(=O)N2CCC(c3ccccc3)(c3nnn(CC(N)=O)n3)CC2)cc1. The summed E-state index contributed by atoms with van der Waals surface area (Å²) >= 11 is 0. The van der Waals surface area contributed by atoms with E-state index in [1.54, 1.807) is 12.1 Å². The molecule has 1 aromatic heterocycles. The number of benzene rings is 2. The molecule has 2 heterocycles. The zero-order valence-electron chi connectivity index (χ0n) is 17.9. The fourth-order valence-corrected chi connectivity index (χ4v) is 5.64. The van der Waals surface area contributed by atoms with Gasteiger partial charge < -0.3 is 5.73 Å². The summed E-state index contributed by atoms with van der Waals surface area (Å²) < 4.78 is 28.0. The second kappa shape index (κ2) is 8.79. The van der Waals surface area contributed by atoms with Crippen LogP contribution in [0.3, 0.4) is 0 Å². The molecule has 1 fully saturated rings. The van der Waals surface area contributed by atoms with Crippen molar-refractivity contribution < 1.29 is 13.2 Å². The summed E-state index contributed by atoms with van der Waals surface area (Å²) in [5.41, 5.74) is 6.74. The van der Waals surface area contributed by atoms with E-state index in [0.717, 1.165) is 17.5 Å². The Morgan fingerprint density at radius 2 is 1.72 bits per heavy atom. The molecule has 0 aliphatic carbocycles. The van der Waals surface area contributed by atoms with Gasteiger partial charge in [-0.25, -0.2) is 8.42 Å². The summed E-state index contributed by atoms with van der Waals surface area (Å²) in [5, 5.41) is 12.6. The van der Waals surface area contributed by atoms with Crippen molar-refractivity contribution in [2.75, 3.05) is 13.1 Å². The van der Waals surface area contributed by atoms with E-state index in [1.165, 1.54) is 9.10 Å². The maximum absolute atomic E-state index is 13.2. The maximum Gasteiger partial charge on any atom is 0.243 e. The topological polar surface area (TPSA) is 124 Å². The standard InChI is InChI=1S/C22H26N6O3S/c1-2-17-8-10-19(11-9-17)32(30,31)27-14-12-22(13-15-27,18-6-4-3-5-7-18)21-24-26-28(25-21)16-20(23)29/h3-11H,2,12-16H2,1H3,(H2,23,29). The molecular weight excluding hydrogens is 428 g/mol. The molecule has 1 saturated heterocycles. The number of carbonyl (C=O) groups excluding carboxylic acids is 1. The third kappa shape index (κ3) is 4.15. The van der Waals surface area contributed by atoms with Gasteiger partial charge in [0.25, 0.3) is 0 Å². The average Bonchev–Trinajstić information content (AvgIpc) is 3.28. The molecule has 0 atom stereocenters. The molecule has 0 radical (unpaired) electrons. The van der Waals surface area contributed by atoms with E-state index in [-0.39, 0.29) is 6.54 Å². The van der Waals surface area contributed by atoms with Crippen molar-refractivity contribution in [2.45, 2.75) is 43.0 Å². The number of carbonyl (C=O) groups is 1. The molecule has 10 heteroatoms. The highest BCUT2D eigenvalue weighted by Crippen LogP contribution is 2.41. The van der Waals surface area contributed by atoms with Crippen molar-refractivity contribution in [3.8, 4) is 0 Å². The quantitative estimate of drug-likeness (QED) is 0.577. The van der Waals surface area contributed by atoms with Crippen molar-refractivity contribution in [3.05, 3.63) is 71.5 Å². The van der Waals surface area contributed by atoms with E-state index in [9.17, 15) is 13.2 Å². The number of hydrogen-bond donors (Lipinski definition) is 1. The van der Waals surface area contributed by atoms with Gasteiger partial charge in [-0.3, -0.25) is 4.79 Å². The summed E-state index contributed by atoms with van der Waals surface area (Å²) in [7, 11) is -3.60. The van der Waals surface area contributed by atoms with Crippen LogP contribution in [-0.2, 0) is 33.2 Å². The van der Waals surface area contributed by atoms with Crippen LogP contribution in [0.1, 0.15) is 36.7 Å². The number of rotatable bonds is 7. The van der Waals surface area contributed by atoms with Crippen LogP contribution in [0, 0.1) is 0 Å². The van der Waals surface area contributed by atoms with Crippen LogP contribution in [0.15, 0.2) is 59.5 Å². The largest absolute Gasteiger partial charge is 0.368 e. The molecule has 9 nitrogen and oxygen atoms in total. The van der Waals surface area contributed by atoms with Gasteiger partial charge >= 0.3 is 0 Å². The molecule has 2 aromatic carbocycles. The summed E-state index contributed by atoms with van der Waals surface area (Å²) in [4.78, 5) is 12.7. The summed E-state index contributed by atoms with van der Waals surface area (Å²) in [6.07, 6.45) is 1.84. The van der Waals surface area contributed by atoms with Crippen LogP contribution >= 0.6 is 0 Å². The van der Waals surface area contributed by atoms with Crippen molar-refractivity contribution in [3.63, 3.8) is 0 Å². The van der Waals surface area contributed by atoms with E-state index in [4.69, 9.17) is 5.73 Å².